The number of hydrogen-bond acceptors (Lipinski definition) is 12. The molecule has 0 saturated carbocycles. The van der Waals surface area contributed by atoms with E-state index in [0.717, 1.165) is 11.1 Å². The lowest BCUT2D eigenvalue weighted by atomic mass is 9.88. The summed E-state index contributed by atoms with van der Waals surface area (Å²) in [5, 5.41) is 1.05. The first-order chi connectivity index (χ1) is 40.2. The maximum absolute atomic E-state index is 17.9. The Hall–Kier alpha value is -9.08. The van der Waals surface area contributed by atoms with Crippen LogP contribution in [-0.4, -0.2) is 36.1 Å². The molecule has 1 aliphatic heterocycles. The number of rotatable bonds is 10. The minimum absolute atomic E-state index is 0.00154. The van der Waals surface area contributed by atoms with Crippen molar-refractivity contribution < 1.29 is 56.7 Å². The molecule has 84 heavy (non-hydrogen) atoms. The van der Waals surface area contributed by atoms with Gasteiger partial charge in [0, 0.05) is 43.2 Å². The van der Waals surface area contributed by atoms with Gasteiger partial charge in [-0.1, -0.05) is 210 Å². The van der Waals surface area contributed by atoms with Crippen LogP contribution in [0, 0.1) is 24.7 Å². The van der Waals surface area contributed by atoms with E-state index in [-0.39, 0.29) is 55.9 Å². The van der Waals surface area contributed by atoms with Crippen molar-refractivity contribution in [3.8, 4) is 45.6 Å². The summed E-state index contributed by atoms with van der Waals surface area (Å²) in [6.07, 6.45) is -3.40. The normalized spacial score (nSPS) is 15.2. The van der Waals surface area contributed by atoms with E-state index in [1.165, 1.54) is 48.5 Å². The van der Waals surface area contributed by atoms with Crippen molar-refractivity contribution in [3.05, 3.63) is 241 Å². The van der Waals surface area contributed by atoms with Gasteiger partial charge in [-0.05, 0) is 74.5 Å². The lowest BCUT2D eigenvalue weighted by Crippen LogP contribution is -2.43. The van der Waals surface area contributed by atoms with Crippen molar-refractivity contribution in [1.82, 2.24) is 0 Å². The highest BCUT2D eigenvalue weighted by Gasteiger charge is 2.47. The molecule has 0 saturated heterocycles. The second kappa shape index (κ2) is 23.6. The molecule has 0 amide bonds. The highest BCUT2D eigenvalue weighted by molar-refractivity contribution is 7.86. The molecule has 10 rings (SSSR count). The maximum atomic E-state index is 17.9. The van der Waals surface area contributed by atoms with Crippen molar-refractivity contribution >= 4 is 70.0 Å². The van der Waals surface area contributed by atoms with Gasteiger partial charge in [-0.25, -0.2) is 19.2 Å². The SMILES string of the molecule is Cc1ccc(Oc2ccc3c(c2P(=O)(c2ccccc2)c2ccccc2)-c2c(ccc(Oc4ccc(C)cc4)c2P(=O)(c2ccccc2)c2ccccc2)OC(=O)[C@@H](C(C)(C)C)OC(=O)c2ccccc2C(=O)O[C@H](C(C)(C)C)C(=O)O3)cc1. The maximum Gasteiger partial charge on any atom is 0.353 e. The molecule has 0 aromatic heterocycles. The molecule has 1 aliphatic rings. The van der Waals surface area contributed by atoms with Crippen molar-refractivity contribution in [3.63, 3.8) is 0 Å². The number of esters is 4. The second-order valence-corrected chi connectivity index (χ2v) is 28.0. The fourth-order valence-electron chi connectivity index (χ4n) is 10.0. The summed E-state index contributed by atoms with van der Waals surface area (Å²) in [4.78, 5) is 60.6. The van der Waals surface area contributed by atoms with E-state index >= 15 is 18.7 Å². The molecule has 9 aromatic rings. The Morgan fingerprint density at radius 3 is 0.940 bits per heavy atom. The summed E-state index contributed by atoms with van der Waals surface area (Å²) in [7, 11) is -9.01. The summed E-state index contributed by atoms with van der Waals surface area (Å²) < 4.78 is 75.8. The molecular formula is C70H62O12P2. The van der Waals surface area contributed by atoms with Gasteiger partial charge in [-0.3, -0.25) is 0 Å². The molecule has 0 bridgehead atoms. The average molecular weight is 1160 g/mol. The van der Waals surface area contributed by atoms with Crippen LogP contribution in [0.1, 0.15) is 73.4 Å². The quantitative estimate of drug-likeness (QED) is 0.0726. The van der Waals surface area contributed by atoms with Crippen LogP contribution in [0.4, 0.5) is 0 Å². The van der Waals surface area contributed by atoms with E-state index in [2.05, 4.69) is 0 Å². The Bertz CT molecular complexity index is 3670. The fraction of sp³-hybridized carbons (Fsp3) is 0.171. The van der Waals surface area contributed by atoms with E-state index < -0.39 is 61.2 Å². The number of ether oxygens (including phenoxy) is 6. The van der Waals surface area contributed by atoms with Crippen LogP contribution in [-0.2, 0) is 28.2 Å². The molecular weight excluding hydrogens is 1090 g/mol. The van der Waals surface area contributed by atoms with Gasteiger partial charge in [0.1, 0.15) is 34.5 Å². The van der Waals surface area contributed by atoms with Crippen molar-refractivity contribution in [1.29, 1.82) is 0 Å². The summed E-state index contributed by atoms with van der Waals surface area (Å²) >= 11 is 0. The zero-order valence-electron chi connectivity index (χ0n) is 47.7. The Morgan fingerprint density at radius 2 is 0.655 bits per heavy atom. The number of benzene rings is 9. The summed E-state index contributed by atoms with van der Waals surface area (Å²) in [5.74, 6) is -4.26. The highest BCUT2D eigenvalue weighted by Crippen LogP contribution is 2.57. The third kappa shape index (κ3) is 11.7. The number of fused-ring (bicyclic) bond motifs is 4. The molecule has 1 heterocycles. The van der Waals surface area contributed by atoms with Gasteiger partial charge >= 0.3 is 23.9 Å². The van der Waals surface area contributed by atoms with E-state index in [1.807, 2.05) is 38.1 Å². The molecule has 0 radical (unpaired) electrons. The van der Waals surface area contributed by atoms with Crippen molar-refractivity contribution in [2.24, 2.45) is 10.8 Å². The van der Waals surface area contributed by atoms with Crippen molar-refractivity contribution in [2.75, 3.05) is 0 Å². The van der Waals surface area contributed by atoms with Gasteiger partial charge in [-0.2, -0.15) is 0 Å². The predicted octanol–water partition coefficient (Wildman–Crippen LogP) is 13.5. The first kappa shape index (κ1) is 58.1. The first-order valence-electron chi connectivity index (χ1n) is 27.4. The van der Waals surface area contributed by atoms with Gasteiger partial charge in [0.05, 0.1) is 21.7 Å². The standard InChI is InChI=1S/C70H62O12P2/c1-45-33-37-47(38-34-45)77-57-43-41-55-59(61(57)83(75,49-23-13-9-14-24-49)50-25-15-10-16-26-50)60-56(42-44-58(78-48-39-35-46(2)36-40-48)62(60)84(76,51-27-17-11-18-28-51)52-29-19-12-20-30-52)80-68(74)64(70(6,7)8)82-66(72)54-32-22-21-31-53(54)65(71)81-63(67(73)79-55)69(3,4)5/h9-44,63-64H,1-8H3/t63-,64-/m0/s1. The third-order valence-corrected chi connectivity index (χ3v) is 20.5. The number of carbonyl (C=O) groups is 4. The van der Waals surface area contributed by atoms with Crippen LogP contribution in [0.5, 0.6) is 34.5 Å². The summed E-state index contributed by atoms with van der Waals surface area (Å²) in [6.45, 7) is 13.9. The molecule has 14 heteroatoms. The lowest BCUT2D eigenvalue weighted by molar-refractivity contribution is -0.151. The molecule has 12 nitrogen and oxygen atoms in total. The smallest absolute Gasteiger partial charge is 0.353 e. The van der Waals surface area contributed by atoms with Crippen LogP contribution >= 0.6 is 14.3 Å². The zero-order valence-corrected chi connectivity index (χ0v) is 49.5. The Kier molecular flexibility index (Phi) is 16.4. The molecule has 0 spiro atoms. The third-order valence-electron chi connectivity index (χ3n) is 14.3. The van der Waals surface area contributed by atoms with Crippen LogP contribution < -0.4 is 50.8 Å². The summed E-state index contributed by atoms with van der Waals surface area (Å²) in [6, 6.07) is 61.1. The van der Waals surface area contributed by atoms with E-state index in [0.29, 0.717) is 32.7 Å². The van der Waals surface area contributed by atoms with E-state index in [4.69, 9.17) is 28.4 Å². The van der Waals surface area contributed by atoms with Gasteiger partial charge in [0.25, 0.3) is 0 Å². The number of hydrogen-bond donors (Lipinski definition) is 0. The monoisotopic (exact) mass is 1160 g/mol. The van der Waals surface area contributed by atoms with Gasteiger partial charge in [0.15, 0.2) is 14.3 Å². The molecule has 0 unspecified atom stereocenters. The number of cyclic esters (lactones) is 2. The van der Waals surface area contributed by atoms with Crippen molar-refractivity contribution in [2.45, 2.75) is 67.6 Å². The minimum atomic E-state index is -4.50. The fourth-order valence-corrected chi connectivity index (χ4v) is 16.0. The van der Waals surface area contributed by atoms with Crippen LogP contribution in [0.2, 0.25) is 0 Å². The minimum Gasteiger partial charge on any atom is -0.457 e. The molecule has 2 atom stereocenters. The molecule has 424 valence electrons. The van der Waals surface area contributed by atoms with Gasteiger partial charge in [0.2, 0.25) is 12.2 Å². The number of carbonyl (C=O) groups excluding carboxylic acids is 4. The highest BCUT2D eigenvalue weighted by atomic mass is 31.2. The van der Waals surface area contributed by atoms with E-state index in [1.54, 1.807) is 187 Å². The van der Waals surface area contributed by atoms with Gasteiger partial charge in [-0.15, -0.1) is 0 Å². The average Bonchev–Trinajstić information content (AvgIpc) is 0.770. The topological polar surface area (TPSA) is 158 Å². The van der Waals surface area contributed by atoms with Crippen LogP contribution in [0.15, 0.2) is 218 Å². The lowest BCUT2D eigenvalue weighted by Gasteiger charge is -2.33. The van der Waals surface area contributed by atoms with Crippen LogP contribution in [0.25, 0.3) is 11.1 Å². The number of aryl methyl sites for hydroxylation is 2. The second-order valence-electron chi connectivity index (χ2n) is 22.7. The summed E-state index contributed by atoms with van der Waals surface area (Å²) in [5.41, 5.74) is -1.39. The Morgan fingerprint density at radius 1 is 0.369 bits per heavy atom. The zero-order chi connectivity index (χ0) is 59.6. The molecule has 0 N–H and O–H groups in total. The molecule has 9 aromatic carbocycles. The Balaban J connectivity index is 1.46. The first-order valence-corrected chi connectivity index (χ1v) is 30.8. The molecule has 0 fully saturated rings. The Labute approximate surface area is 489 Å². The van der Waals surface area contributed by atoms with Crippen LogP contribution in [0.3, 0.4) is 0 Å². The van der Waals surface area contributed by atoms with Gasteiger partial charge < -0.3 is 37.6 Å². The van der Waals surface area contributed by atoms with E-state index in [9.17, 15) is 9.59 Å². The predicted molar refractivity (Wildman–Crippen MR) is 328 cm³/mol. The largest absolute Gasteiger partial charge is 0.457 e. The molecule has 0 aliphatic carbocycles.